The molecular weight excluding hydrogens is 327 g/mol. The van der Waals surface area contributed by atoms with Gasteiger partial charge in [0.2, 0.25) is 0 Å². The van der Waals surface area contributed by atoms with Crippen molar-refractivity contribution in [2.24, 2.45) is 0 Å². The quantitative estimate of drug-likeness (QED) is 0.558. The van der Waals surface area contributed by atoms with E-state index in [1.165, 1.54) is 32.1 Å². The van der Waals surface area contributed by atoms with E-state index in [2.05, 4.69) is 34.5 Å². The number of nitrogens with zero attached hydrogens (tertiary/aromatic N) is 2. The molecule has 0 aromatic carbocycles. The molecule has 3 nitrogen and oxygen atoms in total. The van der Waals surface area contributed by atoms with E-state index in [4.69, 9.17) is 0 Å². The number of unbranched alkanes of at least 4 members (excludes halogenated alkanes) is 5. The van der Waals surface area contributed by atoms with Crippen molar-refractivity contribution < 1.29 is 0 Å². The molecule has 0 saturated carbocycles. The molecule has 0 saturated heterocycles. The summed E-state index contributed by atoms with van der Waals surface area (Å²) in [6.07, 6.45) is 9.12. The average Bonchev–Trinajstić information content (AvgIpc) is 2.32. The summed E-state index contributed by atoms with van der Waals surface area (Å²) >= 11 is 2.05. The van der Waals surface area contributed by atoms with Crippen molar-refractivity contribution >= 4 is 22.6 Å². The molecule has 0 radical (unpaired) electrons. The van der Waals surface area contributed by atoms with Crippen molar-refractivity contribution in [2.75, 3.05) is 0 Å². The summed E-state index contributed by atoms with van der Waals surface area (Å²) in [5.41, 5.74) is 0.103. The maximum absolute atomic E-state index is 11.9. The van der Waals surface area contributed by atoms with Gasteiger partial charge in [0.25, 0.3) is 5.56 Å². The predicted octanol–water partition coefficient (Wildman–Crippen LogP) is 3.52. The van der Waals surface area contributed by atoms with Crippen LogP contribution in [0, 0.1) is 10.5 Å². The van der Waals surface area contributed by atoms with E-state index >= 15 is 0 Å². The zero-order chi connectivity index (χ0) is 12.7. The maximum atomic E-state index is 11.9. The Morgan fingerprint density at radius 1 is 1.24 bits per heavy atom. The number of rotatable bonds is 7. The van der Waals surface area contributed by atoms with Gasteiger partial charge in [0, 0.05) is 12.7 Å². The van der Waals surface area contributed by atoms with Crippen LogP contribution in [0.1, 0.15) is 51.3 Å². The monoisotopic (exact) mass is 348 g/mol. The average molecular weight is 348 g/mol. The number of aromatic nitrogens is 2. The molecular formula is C13H21IN2O. The molecule has 0 fully saturated rings. The number of aryl methyl sites for hydroxylation is 1. The van der Waals surface area contributed by atoms with Gasteiger partial charge in [-0.3, -0.25) is 9.36 Å². The van der Waals surface area contributed by atoms with Gasteiger partial charge in [0.1, 0.15) is 5.82 Å². The van der Waals surface area contributed by atoms with Crippen LogP contribution in [0.2, 0.25) is 0 Å². The molecule has 0 aliphatic heterocycles. The highest BCUT2D eigenvalue weighted by atomic mass is 127. The summed E-state index contributed by atoms with van der Waals surface area (Å²) in [7, 11) is 0. The first-order chi connectivity index (χ1) is 8.16. The molecule has 1 aromatic heterocycles. The van der Waals surface area contributed by atoms with Crippen molar-refractivity contribution in [1.82, 2.24) is 9.55 Å². The highest BCUT2D eigenvalue weighted by Gasteiger charge is 2.04. The highest BCUT2D eigenvalue weighted by molar-refractivity contribution is 14.1. The second-order valence-electron chi connectivity index (χ2n) is 4.38. The fraction of sp³-hybridized carbons (Fsp3) is 0.692. The van der Waals surface area contributed by atoms with Gasteiger partial charge in [0.15, 0.2) is 0 Å². The van der Waals surface area contributed by atoms with Gasteiger partial charge >= 0.3 is 0 Å². The van der Waals surface area contributed by atoms with Gasteiger partial charge in [-0.15, -0.1) is 0 Å². The normalized spacial score (nSPS) is 10.8. The van der Waals surface area contributed by atoms with Crippen molar-refractivity contribution in [3.63, 3.8) is 0 Å². The van der Waals surface area contributed by atoms with E-state index < -0.39 is 0 Å². The molecule has 0 bridgehead atoms. The first-order valence-corrected chi connectivity index (χ1v) is 7.46. The molecule has 0 N–H and O–H groups in total. The molecule has 0 amide bonds. The Morgan fingerprint density at radius 2 is 1.88 bits per heavy atom. The second-order valence-corrected chi connectivity index (χ2v) is 5.54. The minimum atomic E-state index is 0.103. The lowest BCUT2D eigenvalue weighted by atomic mass is 10.1. The summed E-state index contributed by atoms with van der Waals surface area (Å²) in [6, 6.07) is 0. The van der Waals surface area contributed by atoms with E-state index in [1.54, 1.807) is 10.8 Å². The molecule has 0 aliphatic rings. The Labute approximate surface area is 117 Å². The van der Waals surface area contributed by atoms with Crippen LogP contribution < -0.4 is 5.56 Å². The number of halogens is 1. The fourth-order valence-electron chi connectivity index (χ4n) is 1.86. The smallest absolute Gasteiger partial charge is 0.266 e. The predicted molar refractivity (Wildman–Crippen MR) is 79.3 cm³/mol. The third-order valence-corrected chi connectivity index (χ3v) is 3.68. The zero-order valence-electron chi connectivity index (χ0n) is 10.7. The van der Waals surface area contributed by atoms with Crippen molar-refractivity contribution in [3.8, 4) is 0 Å². The number of hydrogen-bond donors (Lipinski definition) is 0. The molecule has 0 unspecified atom stereocenters. The van der Waals surface area contributed by atoms with Gasteiger partial charge in [-0.25, -0.2) is 4.98 Å². The van der Waals surface area contributed by atoms with E-state index in [9.17, 15) is 4.79 Å². The molecule has 1 aromatic rings. The van der Waals surface area contributed by atoms with Gasteiger partial charge in [-0.2, -0.15) is 0 Å². The standard InChI is InChI=1S/C13H21IN2O/c1-3-4-5-6-7-8-9-16-11(2)15-10-12(14)13(16)17/h10H,3-9H2,1-2H3. The van der Waals surface area contributed by atoms with E-state index in [-0.39, 0.29) is 5.56 Å². The van der Waals surface area contributed by atoms with Crippen LogP contribution >= 0.6 is 22.6 Å². The molecule has 0 aliphatic carbocycles. The van der Waals surface area contributed by atoms with Crippen LogP contribution in [0.25, 0.3) is 0 Å². The molecule has 17 heavy (non-hydrogen) atoms. The fourth-order valence-corrected chi connectivity index (χ4v) is 2.29. The lowest BCUT2D eigenvalue weighted by Gasteiger charge is -2.09. The second kappa shape index (κ2) is 7.84. The third kappa shape index (κ3) is 4.77. The lowest BCUT2D eigenvalue weighted by Crippen LogP contribution is -2.25. The maximum Gasteiger partial charge on any atom is 0.266 e. The van der Waals surface area contributed by atoms with Crippen LogP contribution in [0.4, 0.5) is 0 Å². The van der Waals surface area contributed by atoms with Crippen LogP contribution in [-0.4, -0.2) is 9.55 Å². The SMILES string of the molecule is CCCCCCCCn1c(C)ncc(I)c1=O. The zero-order valence-corrected chi connectivity index (χ0v) is 12.9. The largest absolute Gasteiger partial charge is 0.296 e. The first kappa shape index (κ1) is 14.7. The lowest BCUT2D eigenvalue weighted by molar-refractivity contribution is 0.535. The molecule has 4 heteroatoms. The van der Waals surface area contributed by atoms with Crippen LogP contribution in [-0.2, 0) is 6.54 Å². The molecule has 1 heterocycles. The van der Waals surface area contributed by atoms with Crippen molar-refractivity contribution in [2.45, 2.75) is 58.9 Å². The van der Waals surface area contributed by atoms with Gasteiger partial charge < -0.3 is 0 Å². The minimum Gasteiger partial charge on any atom is -0.296 e. The Kier molecular flexibility index (Phi) is 6.77. The van der Waals surface area contributed by atoms with Crippen LogP contribution in [0.5, 0.6) is 0 Å². The Morgan fingerprint density at radius 3 is 2.59 bits per heavy atom. The van der Waals surface area contributed by atoms with Gasteiger partial charge in [0.05, 0.1) is 3.57 Å². The van der Waals surface area contributed by atoms with Crippen molar-refractivity contribution in [1.29, 1.82) is 0 Å². The van der Waals surface area contributed by atoms with E-state index in [0.717, 1.165) is 18.8 Å². The summed E-state index contributed by atoms with van der Waals surface area (Å²) in [4.78, 5) is 16.1. The van der Waals surface area contributed by atoms with Crippen molar-refractivity contribution in [3.05, 3.63) is 25.9 Å². The van der Waals surface area contributed by atoms with Gasteiger partial charge in [-0.1, -0.05) is 39.0 Å². The van der Waals surface area contributed by atoms with E-state index in [1.807, 2.05) is 6.92 Å². The summed E-state index contributed by atoms with van der Waals surface area (Å²) < 4.78 is 2.50. The molecule has 0 spiro atoms. The molecule has 1 rings (SSSR count). The minimum absolute atomic E-state index is 0.103. The van der Waals surface area contributed by atoms with E-state index in [0.29, 0.717) is 3.57 Å². The Bertz CT molecular complexity index is 401. The Balaban J connectivity index is 2.42. The van der Waals surface area contributed by atoms with Gasteiger partial charge in [-0.05, 0) is 35.9 Å². The molecule has 96 valence electrons. The van der Waals surface area contributed by atoms with Crippen LogP contribution in [0.15, 0.2) is 11.0 Å². The summed E-state index contributed by atoms with van der Waals surface area (Å²) in [6.45, 7) is 4.93. The topological polar surface area (TPSA) is 34.9 Å². The summed E-state index contributed by atoms with van der Waals surface area (Å²) in [5.74, 6) is 0.823. The molecule has 0 atom stereocenters. The number of hydrogen-bond acceptors (Lipinski definition) is 2. The highest BCUT2D eigenvalue weighted by Crippen LogP contribution is 2.06. The van der Waals surface area contributed by atoms with Crippen LogP contribution in [0.3, 0.4) is 0 Å². The summed E-state index contributed by atoms with van der Waals surface area (Å²) in [5, 5.41) is 0. The third-order valence-electron chi connectivity index (χ3n) is 2.94. The Hall–Kier alpha value is -0.390. The first-order valence-electron chi connectivity index (χ1n) is 6.38.